The summed E-state index contributed by atoms with van der Waals surface area (Å²) in [6.45, 7) is 2.66. The van der Waals surface area contributed by atoms with E-state index in [1.165, 1.54) is 0 Å². The third-order valence-electron chi connectivity index (χ3n) is 3.29. The summed E-state index contributed by atoms with van der Waals surface area (Å²) in [6.07, 6.45) is 2.19. The number of rotatable bonds is 4. The monoisotopic (exact) mass is 249 g/mol. The smallest absolute Gasteiger partial charge is 0.306 e. The average Bonchev–Trinajstić information content (AvgIpc) is 2.42. The van der Waals surface area contributed by atoms with Crippen molar-refractivity contribution in [3.63, 3.8) is 0 Å². The van der Waals surface area contributed by atoms with Crippen molar-refractivity contribution in [3.8, 4) is 0 Å². The number of carbonyl (C=O) groups is 1. The van der Waals surface area contributed by atoms with E-state index in [0.717, 1.165) is 25.9 Å². The molecular formula is C14H19NO3. The van der Waals surface area contributed by atoms with Crippen LogP contribution in [-0.4, -0.2) is 37.6 Å². The maximum atomic E-state index is 11.6. The molecule has 0 unspecified atom stereocenters. The van der Waals surface area contributed by atoms with E-state index in [-0.39, 0.29) is 0 Å². The second-order valence-electron chi connectivity index (χ2n) is 4.77. The number of piperidine rings is 1. The molecule has 1 aromatic carbocycles. The molecule has 0 saturated carbocycles. The molecule has 1 aliphatic rings. The van der Waals surface area contributed by atoms with E-state index >= 15 is 0 Å². The molecule has 1 aliphatic heterocycles. The molecule has 0 amide bonds. The third-order valence-corrected chi connectivity index (χ3v) is 3.29. The van der Waals surface area contributed by atoms with E-state index in [9.17, 15) is 4.79 Å². The van der Waals surface area contributed by atoms with Crippen molar-refractivity contribution >= 4 is 5.97 Å². The molecule has 0 aromatic heterocycles. The molecule has 98 valence electrons. The molecule has 1 heterocycles. The summed E-state index contributed by atoms with van der Waals surface area (Å²) in [4.78, 5) is 23.7. The largest absolute Gasteiger partial charge is 0.373 e. The van der Waals surface area contributed by atoms with E-state index in [2.05, 4.69) is 11.9 Å². The van der Waals surface area contributed by atoms with Crippen LogP contribution in [0.25, 0.3) is 0 Å². The van der Waals surface area contributed by atoms with Crippen LogP contribution < -0.4 is 0 Å². The molecule has 4 heteroatoms. The molecule has 18 heavy (non-hydrogen) atoms. The maximum Gasteiger partial charge on any atom is 0.373 e. The van der Waals surface area contributed by atoms with Gasteiger partial charge in [-0.05, 0) is 51.0 Å². The predicted octanol–water partition coefficient (Wildman–Crippen LogP) is 2.12. The van der Waals surface area contributed by atoms with Gasteiger partial charge in [0.15, 0.2) is 0 Å². The minimum atomic E-state index is -0.427. The summed E-state index contributed by atoms with van der Waals surface area (Å²) < 4.78 is 0. The van der Waals surface area contributed by atoms with E-state index in [4.69, 9.17) is 9.78 Å². The van der Waals surface area contributed by atoms with Crippen LogP contribution in [0.15, 0.2) is 30.3 Å². The highest BCUT2D eigenvalue weighted by atomic mass is 17.2. The van der Waals surface area contributed by atoms with Gasteiger partial charge >= 0.3 is 5.97 Å². The van der Waals surface area contributed by atoms with Crippen molar-refractivity contribution in [2.24, 2.45) is 5.92 Å². The van der Waals surface area contributed by atoms with Gasteiger partial charge in [0.05, 0.1) is 12.2 Å². The molecule has 1 saturated heterocycles. The van der Waals surface area contributed by atoms with Crippen molar-refractivity contribution in [1.29, 1.82) is 0 Å². The Morgan fingerprint density at radius 2 is 1.94 bits per heavy atom. The van der Waals surface area contributed by atoms with Gasteiger partial charge in [-0.25, -0.2) is 4.79 Å². The Morgan fingerprint density at radius 3 is 2.61 bits per heavy atom. The van der Waals surface area contributed by atoms with Crippen LogP contribution in [0.5, 0.6) is 0 Å². The fourth-order valence-corrected chi connectivity index (χ4v) is 2.03. The highest BCUT2D eigenvalue weighted by molar-refractivity contribution is 5.88. The fraction of sp³-hybridized carbons (Fsp3) is 0.500. The number of nitrogens with zero attached hydrogens (tertiary/aromatic N) is 1. The Morgan fingerprint density at radius 1 is 1.28 bits per heavy atom. The standard InChI is InChI=1S/C14H19NO3/c1-15-9-7-12(8-10-15)11-17-18-14(16)13-5-3-2-4-6-13/h2-6,12H,7-11H2,1H3. The fourth-order valence-electron chi connectivity index (χ4n) is 2.03. The Balaban J connectivity index is 1.68. The highest BCUT2D eigenvalue weighted by Crippen LogP contribution is 2.16. The zero-order chi connectivity index (χ0) is 12.8. The zero-order valence-corrected chi connectivity index (χ0v) is 10.7. The highest BCUT2D eigenvalue weighted by Gasteiger charge is 2.18. The van der Waals surface area contributed by atoms with Crippen molar-refractivity contribution < 1.29 is 14.6 Å². The lowest BCUT2D eigenvalue weighted by Crippen LogP contribution is -2.32. The first-order valence-electron chi connectivity index (χ1n) is 6.33. The summed E-state index contributed by atoms with van der Waals surface area (Å²) in [6, 6.07) is 8.87. The topological polar surface area (TPSA) is 38.8 Å². The summed E-state index contributed by atoms with van der Waals surface area (Å²) in [5.74, 6) is 0.0632. The van der Waals surface area contributed by atoms with Crippen LogP contribution in [0.3, 0.4) is 0 Å². The molecule has 0 bridgehead atoms. The van der Waals surface area contributed by atoms with Gasteiger partial charge in [0, 0.05) is 0 Å². The first-order chi connectivity index (χ1) is 8.75. The van der Waals surface area contributed by atoms with Crippen LogP contribution in [-0.2, 0) is 9.78 Å². The van der Waals surface area contributed by atoms with E-state index in [1.54, 1.807) is 24.3 Å². The Kier molecular flexibility index (Phi) is 4.73. The van der Waals surface area contributed by atoms with Crippen LogP contribution in [0.4, 0.5) is 0 Å². The predicted molar refractivity (Wildman–Crippen MR) is 68.0 cm³/mol. The molecule has 0 radical (unpaired) electrons. The minimum Gasteiger partial charge on any atom is -0.306 e. The van der Waals surface area contributed by atoms with Crippen LogP contribution in [0.1, 0.15) is 23.2 Å². The normalized spacial score (nSPS) is 17.6. The number of hydrogen-bond donors (Lipinski definition) is 0. The SMILES string of the molecule is CN1CCC(COOC(=O)c2ccccc2)CC1. The lowest BCUT2D eigenvalue weighted by molar-refractivity contribution is -0.250. The van der Waals surface area contributed by atoms with Gasteiger partial charge in [0.1, 0.15) is 0 Å². The van der Waals surface area contributed by atoms with Crippen molar-refractivity contribution in [3.05, 3.63) is 35.9 Å². The molecule has 1 fully saturated rings. The second-order valence-corrected chi connectivity index (χ2v) is 4.77. The number of carbonyl (C=O) groups excluding carboxylic acids is 1. The van der Waals surface area contributed by atoms with Crippen LogP contribution in [0.2, 0.25) is 0 Å². The first-order valence-corrected chi connectivity index (χ1v) is 6.33. The third kappa shape index (κ3) is 3.82. The molecule has 0 aliphatic carbocycles. The average molecular weight is 249 g/mol. The summed E-state index contributed by atoms with van der Waals surface area (Å²) >= 11 is 0. The van der Waals surface area contributed by atoms with Crippen molar-refractivity contribution in [1.82, 2.24) is 4.90 Å². The van der Waals surface area contributed by atoms with E-state index in [0.29, 0.717) is 18.1 Å². The van der Waals surface area contributed by atoms with Gasteiger partial charge in [0.2, 0.25) is 0 Å². The Labute approximate surface area is 107 Å². The molecule has 0 atom stereocenters. The van der Waals surface area contributed by atoms with Crippen molar-refractivity contribution in [2.75, 3.05) is 26.7 Å². The Bertz CT molecular complexity index is 372. The van der Waals surface area contributed by atoms with Gasteiger partial charge in [-0.3, -0.25) is 4.89 Å². The van der Waals surface area contributed by atoms with E-state index < -0.39 is 5.97 Å². The van der Waals surface area contributed by atoms with Crippen LogP contribution in [0, 0.1) is 5.92 Å². The lowest BCUT2D eigenvalue weighted by Gasteiger charge is -2.27. The van der Waals surface area contributed by atoms with Crippen molar-refractivity contribution in [2.45, 2.75) is 12.8 Å². The zero-order valence-electron chi connectivity index (χ0n) is 10.7. The first kappa shape index (κ1) is 13.1. The molecule has 1 aromatic rings. The van der Waals surface area contributed by atoms with Crippen LogP contribution >= 0.6 is 0 Å². The number of benzene rings is 1. The minimum absolute atomic E-state index is 0.427. The lowest BCUT2D eigenvalue weighted by atomic mass is 9.98. The van der Waals surface area contributed by atoms with Gasteiger partial charge in [-0.2, -0.15) is 4.89 Å². The second kappa shape index (κ2) is 6.52. The molecule has 0 N–H and O–H groups in total. The Hall–Kier alpha value is -1.39. The van der Waals surface area contributed by atoms with Gasteiger partial charge in [0.25, 0.3) is 0 Å². The summed E-state index contributed by atoms with van der Waals surface area (Å²) in [5.41, 5.74) is 0.515. The molecular weight excluding hydrogens is 230 g/mol. The molecule has 0 spiro atoms. The van der Waals surface area contributed by atoms with E-state index in [1.807, 2.05) is 6.07 Å². The molecule has 4 nitrogen and oxygen atoms in total. The summed E-state index contributed by atoms with van der Waals surface area (Å²) in [7, 11) is 2.12. The van der Waals surface area contributed by atoms with Gasteiger partial charge in [-0.1, -0.05) is 18.2 Å². The molecule has 2 rings (SSSR count). The van der Waals surface area contributed by atoms with Gasteiger partial charge < -0.3 is 4.90 Å². The maximum absolute atomic E-state index is 11.6. The number of likely N-dealkylation sites (tertiary alicyclic amines) is 1. The number of hydrogen-bond acceptors (Lipinski definition) is 4. The quantitative estimate of drug-likeness (QED) is 0.605. The van der Waals surface area contributed by atoms with Gasteiger partial charge in [-0.15, -0.1) is 0 Å². The summed E-state index contributed by atoms with van der Waals surface area (Å²) in [5, 5.41) is 0.